The van der Waals surface area contributed by atoms with Crippen molar-refractivity contribution in [2.45, 2.75) is 18.6 Å². The Hall–Kier alpha value is -2.19. The number of aromatic nitrogens is 2. The monoisotopic (exact) mass is 384 g/mol. The maximum absolute atomic E-state index is 12.4. The average molecular weight is 385 g/mol. The highest BCUT2D eigenvalue weighted by Gasteiger charge is 2.34. The molecule has 1 N–H and O–H groups in total. The lowest BCUT2D eigenvalue weighted by Crippen LogP contribution is -2.39. The highest BCUT2D eigenvalue weighted by atomic mass is 35.5. The Morgan fingerprint density at radius 3 is 2.69 bits per heavy atom. The molecule has 26 heavy (non-hydrogen) atoms. The van der Waals surface area contributed by atoms with Crippen molar-refractivity contribution in [1.82, 2.24) is 20.2 Å². The molecule has 1 saturated heterocycles. The summed E-state index contributed by atoms with van der Waals surface area (Å²) in [5.74, 6) is -0.0547. The number of benzene rings is 1. The van der Waals surface area contributed by atoms with Crippen LogP contribution >= 0.6 is 11.6 Å². The third kappa shape index (κ3) is 4.92. The fourth-order valence-corrected chi connectivity index (χ4v) is 2.96. The molecule has 1 fully saturated rings. The number of likely N-dealkylation sites (tertiary alicyclic amines) is 1. The van der Waals surface area contributed by atoms with Crippen molar-refractivity contribution in [3.63, 3.8) is 0 Å². The van der Waals surface area contributed by atoms with E-state index in [0.29, 0.717) is 29.4 Å². The van der Waals surface area contributed by atoms with Gasteiger partial charge in [-0.1, -0.05) is 11.6 Å². The molecule has 1 aromatic heterocycles. The smallest absolute Gasteiger partial charge is 0.347 e. The number of nitrogens with zero attached hydrogens (tertiary/aromatic N) is 3. The number of halogens is 4. The van der Waals surface area contributed by atoms with Crippen molar-refractivity contribution in [2.75, 3.05) is 19.6 Å². The predicted molar refractivity (Wildman–Crippen MR) is 90.8 cm³/mol. The minimum atomic E-state index is -4.24. The van der Waals surface area contributed by atoms with Crippen LogP contribution in [0, 0.1) is 0 Å². The summed E-state index contributed by atoms with van der Waals surface area (Å²) in [6.07, 6.45) is -2.30. The van der Waals surface area contributed by atoms with Gasteiger partial charge in [0.2, 0.25) is 0 Å². The molecule has 9 heteroatoms. The van der Waals surface area contributed by atoms with E-state index in [4.69, 9.17) is 11.6 Å². The topological polar surface area (TPSA) is 58.1 Å². The fourth-order valence-electron chi connectivity index (χ4n) is 2.83. The van der Waals surface area contributed by atoms with E-state index in [0.717, 1.165) is 0 Å². The van der Waals surface area contributed by atoms with Gasteiger partial charge in [-0.25, -0.2) is 9.97 Å². The maximum atomic E-state index is 12.4. The molecule has 2 heterocycles. The third-order valence-corrected chi connectivity index (χ3v) is 4.25. The molecule has 138 valence electrons. The van der Waals surface area contributed by atoms with Crippen molar-refractivity contribution in [2.24, 2.45) is 0 Å². The van der Waals surface area contributed by atoms with E-state index in [1.54, 1.807) is 24.3 Å². The number of hydrogen-bond acceptors (Lipinski definition) is 4. The Morgan fingerprint density at radius 2 is 2.00 bits per heavy atom. The van der Waals surface area contributed by atoms with Crippen LogP contribution in [-0.4, -0.2) is 52.6 Å². The number of carbonyl (C=O) groups is 1. The van der Waals surface area contributed by atoms with Crippen LogP contribution in [0.1, 0.15) is 16.9 Å². The molecule has 0 radical (unpaired) electrons. The maximum Gasteiger partial charge on any atom is 0.401 e. The van der Waals surface area contributed by atoms with E-state index in [-0.39, 0.29) is 18.3 Å². The summed E-state index contributed by atoms with van der Waals surface area (Å²) in [7, 11) is 0. The Morgan fingerprint density at radius 1 is 1.27 bits per heavy atom. The normalized spacial score (nSPS) is 18.1. The summed E-state index contributed by atoms with van der Waals surface area (Å²) in [5, 5.41) is 3.32. The first-order chi connectivity index (χ1) is 12.3. The number of amides is 1. The van der Waals surface area contributed by atoms with E-state index in [1.807, 2.05) is 0 Å². The van der Waals surface area contributed by atoms with Crippen LogP contribution in [0.4, 0.5) is 13.2 Å². The molecule has 0 spiro atoms. The molecular weight excluding hydrogens is 369 g/mol. The molecule has 3 rings (SSSR count). The summed E-state index contributed by atoms with van der Waals surface area (Å²) < 4.78 is 37.3. The van der Waals surface area contributed by atoms with Gasteiger partial charge in [-0.05, 0) is 36.8 Å². The molecule has 0 bridgehead atoms. The van der Waals surface area contributed by atoms with Gasteiger partial charge in [0.15, 0.2) is 5.82 Å². The van der Waals surface area contributed by atoms with Gasteiger partial charge in [-0.3, -0.25) is 9.69 Å². The minimum Gasteiger partial charge on any atom is -0.347 e. The van der Waals surface area contributed by atoms with E-state index >= 15 is 0 Å². The molecular formula is C17H16ClF3N4O. The van der Waals surface area contributed by atoms with E-state index < -0.39 is 18.6 Å². The summed E-state index contributed by atoms with van der Waals surface area (Å²) in [4.78, 5) is 22.0. The average Bonchev–Trinajstić information content (AvgIpc) is 3.00. The van der Waals surface area contributed by atoms with Gasteiger partial charge in [-0.15, -0.1) is 0 Å². The SMILES string of the molecule is O=C(NC1CCN(CC(F)(F)F)C1)c1ccnc(-c2ccc(Cl)cc2)n1. The second-order valence-electron chi connectivity index (χ2n) is 6.08. The second kappa shape index (κ2) is 7.59. The first kappa shape index (κ1) is 18.6. The van der Waals surface area contributed by atoms with Crippen LogP contribution < -0.4 is 5.32 Å². The van der Waals surface area contributed by atoms with Crippen molar-refractivity contribution in [3.05, 3.63) is 47.2 Å². The van der Waals surface area contributed by atoms with Gasteiger partial charge in [0.25, 0.3) is 5.91 Å². The van der Waals surface area contributed by atoms with Gasteiger partial charge >= 0.3 is 6.18 Å². The zero-order valence-corrected chi connectivity index (χ0v) is 14.4. The van der Waals surface area contributed by atoms with Gasteiger partial charge in [0.1, 0.15) is 5.69 Å². The van der Waals surface area contributed by atoms with E-state index in [9.17, 15) is 18.0 Å². The standard InChI is InChI=1S/C17H16ClF3N4O/c18-12-3-1-11(2-4-12)15-22-7-5-14(24-15)16(26)23-13-6-8-25(9-13)10-17(19,20)21/h1-5,7,13H,6,8-10H2,(H,23,26). The Kier molecular flexibility index (Phi) is 5.43. The van der Waals surface area contributed by atoms with Crippen LogP contribution in [0.25, 0.3) is 11.4 Å². The van der Waals surface area contributed by atoms with Crippen LogP contribution in [0.3, 0.4) is 0 Å². The summed E-state index contributed by atoms with van der Waals surface area (Å²) in [5.41, 5.74) is 0.875. The molecule has 1 aromatic carbocycles. The number of hydrogen-bond donors (Lipinski definition) is 1. The zero-order chi connectivity index (χ0) is 18.7. The summed E-state index contributed by atoms with van der Waals surface area (Å²) in [6, 6.07) is 8.01. The van der Waals surface area contributed by atoms with E-state index in [2.05, 4.69) is 15.3 Å². The Labute approximate surface area is 153 Å². The minimum absolute atomic E-state index is 0.166. The lowest BCUT2D eigenvalue weighted by molar-refractivity contribution is -0.143. The molecule has 1 aliphatic heterocycles. The molecule has 0 saturated carbocycles. The highest BCUT2D eigenvalue weighted by molar-refractivity contribution is 6.30. The molecule has 5 nitrogen and oxygen atoms in total. The number of rotatable bonds is 4. The lowest BCUT2D eigenvalue weighted by Gasteiger charge is -2.18. The fraction of sp³-hybridized carbons (Fsp3) is 0.353. The summed E-state index contributed by atoms with van der Waals surface area (Å²) in [6.45, 7) is -0.502. The van der Waals surface area contributed by atoms with Gasteiger partial charge < -0.3 is 5.32 Å². The van der Waals surface area contributed by atoms with Crippen molar-refractivity contribution in [3.8, 4) is 11.4 Å². The van der Waals surface area contributed by atoms with E-state index in [1.165, 1.54) is 17.2 Å². The Bertz CT molecular complexity index is 782. The molecule has 0 aliphatic carbocycles. The first-order valence-electron chi connectivity index (χ1n) is 7.99. The second-order valence-corrected chi connectivity index (χ2v) is 6.52. The zero-order valence-electron chi connectivity index (χ0n) is 13.6. The molecule has 1 aliphatic rings. The van der Waals surface area contributed by atoms with Crippen LogP contribution in [0.2, 0.25) is 5.02 Å². The van der Waals surface area contributed by atoms with Gasteiger partial charge in [0, 0.05) is 35.9 Å². The number of alkyl halides is 3. The van der Waals surface area contributed by atoms with Gasteiger partial charge in [-0.2, -0.15) is 13.2 Å². The molecule has 1 unspecified atom stereocenters. The molecule has 1 amide bonds. The molecule has 2 aromatic rings. The van der Waals surface area contributed by atoms with Crippen LogP contribution in [0.5, 0.6) is 0 Å². The van der Waals surface area contributed by atoms with Crippen molar-refractivity contribution >= 4 is 17.5 Å². The predicted octanol–water partition coefficient (Wildman–Crippen LogP) is 3.16. The van der Waals surface area contributed by atoms with Crippen LogP contribution in [0.15, 0.2) is 36.5 Å². The third-order valence-electron chi connectivity index (χ3n) is 4.00. The highest BCUT2D eigenvalue weighted by Crippen LogP contribution is 2.21. The van der Waals surface area contributed by atoms with Gasteiger partial charge in [0.05, 0.1) is 6.54 Å². The molecule has 1 atom stereocenters. The number of nitrogens with one attached hydrogen (secondary N) is 1. The largest absolute Gasteiger partial charge is 0.401 e. The van der Waals surface area contributed by atoms with Crippen molar-refractivity contribution < 1.29 is 18.0 Å². The lowest BCUT2D eigenvalue weighted by atomic mass is 10.2. The number of carbonyl (C=O) groups excluding carboxylic acids is 1. The van der Waals surface area contributed by atoms with Crippen LogP contribution in [-0.2, 0) is 0 Å². The Balaban J connectivity index is 1.64. The summed E-state index contributed by atoms with van der Waals surface area (Å²) >= 11 is 5.85. The first-order valence-corrected chi connectivity index (χ1v) is 8.37. The quantitative estimate of drug-likeness (QED) is 0.879. The van der Waals surface area contributed by atoms with Crippen molar-refractivity contribution in [1.29, 1.82) is 0 Å².